The quantitative estimate of drug-likeness (QED) is 0.941. The van der Waals surface area contributed by atoms with Crippen LogP contribution in [0.3, 0.4) is 0 Å². The summed E-state index contributed by atoms with van der Waals surface area (Å²) < 4.78 is 0. The highest BCUT2D eigenvalue weighted by molar-refractivity contribution is 7.15. The molecular weight excluding hydrogens is 300 g/mol. The molecule has 3 heterocycles. The summed E-state index contributed by atoms with van der Waals surface area (Å²) in [6.45, 7) is 3.14. The molecule has 0 radical (unpaired) electrons. The van der Waals surface area contributed by atoms with E-state index in [1.165, 1.54) is 11.3 Å². The molecule has 0 saturated heterocycles. The highest BCUT2D eigenvalue weighted by atomic mass is 32.1. The molecule has 3 rings (SSSR count). The van der Waals surface area contributed by atoms with Gasteiger partial charge in [0, 0.05) is 30.5 Å². The molecule has 0 spiro atoms. The van der Waals surface area contributed by atoms with Gasteiger partial charge in [0.25, 0.3) is 5.91 Å². The summed E-state index contributed by atoms with van der Waals surface area (Å²) in [5.74, 6) is -0.119. The first-order valence-electron chi connectivity index (χ1n) is 7.16. The Morgan fingerprint density at radius 1 is 1.41 bits per heavy atom. The van der Waals surface area contributed by atoms with E-state index in [0.29, 0.717) is 30.3 Å². The molecule has 2 aromatic rings. The largest absolute Gasteiger partial charge is 0.337 e. The minimum absolute atomic E-state index is 0.151. The number of hydrogen-bond donors (Lipinski definition) is 1. The lowest BCUT2D eigenvalue weighted by atomic mass is 10.1. The van der Waals surface area contributed by atoms with Crippen LogP contribution in [-0.4, -0.2) is 33.2 Å². The Bertz CT molecular complexity index is 699. The number of hydrogen-bond acceptors (Lipinski definition) is 5. The topological polar surface area (TPSA) is 75.2 Å². The van der Waals surface area contributed by atoms with E-state index in [2.05, 4.69) is 15.3 Å². The third kappa shape index (κ3) is 2.99. The van der Waals surface area contributed by atoms with Gasteiger partial charge in [-0.1, -0.05) is 24.3 Å². The molecule has 0 aliphatic carbocycles. The van der Waals surface area contributed by atoms with E-state index in [1.807, 2.05) is 11.8 Å². The monoisotopic (exact) mass is 316 g/mol. The van der Waals surface area contributed by atoms with E-state index in [1.54, 1.807) is 24.4 Å². The number of pyridine rings is 1. The maximum absolute atomic E-state index is 12.1. The zero-order valence-electron chi connectivity index (χ0n) is 12.2. The molecule has 7 heteroatoms. The normalized spacial score (nSPS) is 13.6. The van der Waals surface area contributed by atoms with Crippen molar-refractivity contribution in [3.8, 4) is 0 Å². The second-order valence-corrected chi connectivity index (χ2v) is 6.06. The predicted octanol–water partition coefficient (Wildman–Crippen LogP) is 2.09. The lowest BCUT2D eigenvalue weighted by Gasteiger charge is -2.25. The smallest absolute Gasteiger partial charge is 0.276 e. The van der Waals surface area contributed by atoms with Gasteiger partial charge in [-0.2, -0.15) is 0 Å². The van der Waals surface area contributed by atoms with Crippen LogP contribution in [0.2, 0.25) is 0 Å². The summed E-state index contributed by atoms with van der Waals surface area (Å²) in [5, 5.41) is 3.34. The summed E-state index contributed by atoms with van der Waals surface area (Å²) in [6.07, 6.45) is 2.82. The lowest BCUT2D eigenvalue weighted by Crippen LogP contribution is -2.34. The fraction of sp³-hybridized carbons (Fsp3) is 0.333. The van der Waals surface area contributed by atoms with E-state index < -0.39 is 0 Å². The van der Waals surface area contributed by atoms with Crippen molar-refractivity contribution < 1.29 is 9.59 Å². The van der Waals surface area contributed by atoms with Crippen LogP contribution in [0.1, 0.15) is 34.4 Å². The molecule has 0 atom stereocenters. The molecule has 0 saturated carbocycles. The maximum atomic E-state index is 12.1. The average Bonchev–Trinajstić information content (AvgIpc) is 2.96. The molecule has 1 aliphatic heterocycles. The van der Waals surface area contributed by atoms with Crippen molar-refractivity contribution in [2.45, 2.75) is 26.3 Å². The van der Waals surface area contributed by atoms with E-state index in [4.69, 9.17) is 0 Å². The molecule has 1 N–H and O–H groups in total. The van der Waals surface area contributed by atoms with Gasteiger partial charge in [0.15, 0.2) is 5.13 Å². The van der Waals surface area contributed by atoms with Crippen molar-refractivity contribution >= 4 is 28.3 Å². The minimum atomic E-state index is -0.270. The summed E-state index contributed by atoms with van der Waals surface area (Å²) in [7, 11) is 0. The highest BCUT2D eigenvalue weighted by Gasteiger charge is 2.23. The molecule has 1 aliphatic rings. The van der Waals surface area contributed by atoms with Crippen LogP contribution in [0.5, 0.6) is 0 Å². The van der Waals surface area contributed by atoms with Crippen molar-refractivity contribution in [1.82, 2.24) is 14.9 Å². The van der Waals surface area contributed by atoms with Gasteiger partial charge in [-0.15, -0.1) is 0 Å². The van der Waals surface area contributed by atoms with Crippen LogP contribution in [-0.2, 0) is 17.8 Å². The molecule has 22 heavy (non-hydrogen) atoms. The van der Waals surface area contributed by atoms with Crippen molar-refractivity contribution in [2.24, 2.45) is 0 Å². The Morgan fingerprint density at radius 3 is 3.00 bits per heavy atom. The molecule has 6 nitrogen and oxygen atoms in total. The van der Waals surface area contributed by atoms with Gasteiger partial charge >= 0.3 is 0 Å². The molecule has 2 amide bonds. The van der Waals surface area contributed by atoms with Crippen LogP contribution in [0.25, 0.3) is 0 Å². The fourth-order valence-electron chi connectivity index (χ4n) is 2.34. The van der Waals surface area contributed by atoms with Crippen molar-refractivity contribution in [3.05, 3.63) is 40.7 Å². The van der Waals surface area contributed by atoms with Crippen LogP contribution in [0, 0.1) is 0 Å². The number of anilines is 1. The summed E-state index contributed by atoms with van der Waals surface area (Å²) in [5.41, 5.74) is 1.33. The van der Waals surface area contributed by atoms with Gasteiger partial charge in [-0.05, 0) is 12.1 Å². The van der Waals surface area contributed by atoms with Crippen molar-refractivity contribution in [1.29, 1.82) is 0 Å². The Labute approximate surface area is 132 Å². The number of thiazole rings is 1. The molecular formula is C15H16N4O2S. The van der Waals surface area contributed by atoms with Gasteiger partial charge in [0.05, 0.1) is 12.2 Å². The Balaban J connectivity index is 1.72. The summed E-state index contributed by atoms with van der Waals surface area (Å²) >= 11 is 1.43. The SMILES string of the molecule is CCC(=O)N1CCc2nc(NC(=O)c3ccccn3)sc2C1. The van der Waals surface area contributed by atoms with Gasteiger partial charge in [0.1, 0.15) is 5.69 Å². The number of nitrogens with zero attached hydrogens (tertiary/aromatic N) is 3. The first-order valence-corrected chi connectivity index (χ1v) is 7.97. The minimum Gasteiger partial charge on any atom is -0.337 e. The third-order valence-electron chi connectivity index (χ3n) is 3.50. The van der Waals surface area contributed by atoms with E-state index in [9.17, 15) is 9.59 Å². The molecule has 0 aromatic carbocycles. The number of rotatable bonds is 3. The van der Waals surface area contributed by atoms with E-state index in [-0.39, 0.29) is 11.8 Å². The van der Waals surface area contributed by atoms with Gasteiger partial charge in [0.2, 0.25) is 5.91 Å². The van der Waals surface area contributed by atoms with Crippen LogP contribution in [0.4, 0.5) is 5.13 Å². The highest BCUT2D eigenvalue weighted by Crippen LogP contribution is 2.28. The second-order valence-electron chi connectivity index (χ2n) is 4.98. The standard InChI is InChI=1S/C15H16N4O2S/c1-2-13(20)19-8-6-10-12(9-19)22-15(17-10)18-14(21)11-5-3-4-7-16-11/h3-5,7H,2,6,8-9H2,1H3,(H,17,18,21). The molecule has 0 bridgehead atoms. The lowest BCUT2D eigenvalue weighted by molar-refractivity contribution is -0.131. The number of fused-ring (bicyclic) bond motifs is 1. The number of carbonyl (C=O) groups is 2. The van der Waals surface area contributed by atoms with Crippen LogP contribution in [0.15, 0.2) is 24.4 Å². The Morgan fingerprint density at radius 2 is 2.27 bits per heavy atom. The van der Waals surface area contributed by atoms with Crippen molar-refractivity contribution in [2.75, 3.05) is 11.9 Å². The zero-order valence-corrected chi connectivity index (χ0v) is 13.0. The predicted molar refractivity (Wildman–Crippen MR) is 83.7 cm³/mol. The van der Waals surface area contributed by atoms with Crippen LogP contribution >= 0.6 is 11.3 Å². The Kier molecular flexibility index (Phi) is 4.15. The fourth-order valence-corrected chi connectivity index (χ4v) is 3.36. The van der Waals surface area contributed by atoms with Gasteiger partial charge in [-0.25, -0.2) is 4.98 Å². The number of nitrogens with one attached hydrogen (secondary N) is 1. The molecule has 114 valence electrons. The van der Waals surface area contributed by atoms with Gasteiger partial charge < -0.3 is 4.90 Å². The first kappa shape index (κ1) is 14.6. The molecule has 0 unspecified atom stereocenters. The summed E-state index contributed by atoms with van der Waals surface area (Å²) in [6, 6.07) is 5.19. The van der Waals surface area contributed by atoms with E-state index in [0.717, 1.165) is 17.0 Å². The van der Waals surface area contributed by atoms with Crippen LogP contribution < -0.4 is 5.32 Å². The number of carbonyl (C=O) groups excluding carboxylic acids is 2. The molecule has 0 fully saturated rings. The third-order valence-corrected chi connectivity index (χ3v) is 4.50. The number of aromatic nitrogens is 2. The maximum Gasteiger partial charge on any atom is 0.276 e. The van der Waals surface area contributed by atoms with E-state index >= 15 is 0 Å². The van der Waals surface area contributed by atoms with Gasteiger partial charge in [-0.3, -0.25) is 19.9 Å². The zero-order chi connectivity index (χ0) is 15.5. The second kappa shape index (κ2) is 6.23. The number of amides is 2. The summed E-state index contributed by atoms with van der Waals surface area (Å²) in [4.78, 5) is 35.2. The Hall–Kier alpha value is -2.28. The molecule has 2 aromatic heterocycles. The average molecular weight is 316 g/mol. The van der Waals surface area contributed by atoms with Crippen molar-refractivity contribution in [3.63, 3.8) is 0 Å². The first-order chi connectivity index (χ1) is 10.7.